The molecule has 2 rings (SSSR count). The Bertz CT molecular complexity index is 578. The first-order valence-corrected chi connectivity index (χ1v) is 6.02. The van der Waals surface area contributed by atoms with Crippen LogP contribution in [0.4, 0.5) is 0 Å². The first-order valence-electron chi connectivity index (χ1n) is 5.61. The van der Waals surface area contributed by atoms with Crippen molar-refractivity contribution in [2.75, 3.05) is 7.05 Å². The minimum atomic E-state index is -0.189. The fraction of sp³-hybridized carbons (Fsp3) is 0.154. The van der Waals surface area contributed by atoms with Crippen molar-refractivity contribution in [2.45, 2.75) is 6.54 Å². The van der Waals surface area contributed by atoms with Gasteiger partial charge in [0.15, 0.2) is 0 Å². The summed E-state index contributed by atoms with van der Waals surface area (Å²) in [6, 6.07) is 6.88. The average molecular weight is 275 g/mol. The lowest BCUT2D eigenvalue weighted by atomic mass is 10.2. The lowest BCUT2D eigenvalue weighted by Gasteiger charge is -2.15. The van der Waals surface area contributed by atoms with Crippen molar-refractivity contribution in [3.8, 4) is 0 Å². The van der Waals surface area contributed by atoms with E-state index < -0.39 is 0 Å². The molecule has 0 aliphatic heterocycles. The summed E-state index contributed by atoms with van der Waals surface area (Å²) in [5.74, 6) is 0.529. The Hall–Kier alpha value is -2.21. The van der Waals surface area contributed by atoms with Gasteiger partial charge in [0, 0.05) is 18.8 Å². The van der Waals surface area contributed by atoms with Crippen molar-refractivity contribution in [2.24, 2.45) is 5.73 Å². The first-order chi connectivity index (χ1) is 9.08. The maximum atomic E-state index is 12.1. The second kappa shape index (κ2) is 5.62. The van der Waals surface area contributed by atoms with Crippen LogP contribution in [0.5, 0.6) is 0 Å². The number of aromatic nitrogens is 1. The molecule has 6 heteroatoms. The summed E-state index contributed by atoms with van der Waals surface area (Å²) >= 11 is 4.83. The number of hydrogen-bond acceptors (Lipinski definition) is 4. The molecule has 0 aliphatic carbocycles. The fourth-order valence-electron chi connectivity index (χ4n) is 1.57. The van der Waals surface area contributed by atoms with Crippen LogP contribution < -0.4 is 5.73 Å². The van der Waals surface area contributed by atoms with Gasteiger partial charge < -0.3 is 15.1 Å². The molecule has 2 aromatic rings. The van der Waals surface area contributed by atoms with Gasteiger partial charge in [0.05, 0.1) is 12.8 Å². The van der Waals surface area contributed by atoms with Gasteiger partial charge in [-0.1, -0.05) is 12.2 Å². The average Bonchev–Trinajstić information content (AvgIpc) is 2.90. The third kappa shape index (κ3) is 3.17. The number of nitrogens with two attached hydrogens (primary N) is 1. The second-order valence-electron chi connectivity index (χ2n) is 4.04. The van der Waals surface area contributed by atoms with Crippen molar-refractivity contribution in [1.82, 2.24) is 9.88 Å². The summed E-state index contributed by atoms with van der Waals surface area (Å²) in [5.41, 5.74) is 6.45. The van der Waals surface area contributed by atoms with Crippen LogP contribution in [0.15, 0.2) is 41.1 Å². The summed E-state index contributed by atoms with van der Waals surface area (Å²) in [7, 11) is 1.69. The zero-order chi connectivity index (χ0) is 13.8. The zero-order valence-corrected chi connectivity index (χ0v) is 11.2. The summed E-state index contributed by atoms with van der Waals surface area (Å²) in [6.07, 6.45) is 3.07. The molecule has 0 unspecified atom stereocenters. The summed E-state index contributed by atoms with van der Waals surface area (Å²) < 4.78 is 5.19. The van der Waals surface area contributed by atoms with Gasteiger partial charge in [0.1, 0.15) is 16.4 Å². The minimum absolute atomic E-state index is 0.189. The topological polar surface area (TPSA) is 72.4 Å². The fourth-order valence-corrected chi connectivity index (χ4v) is 1.69. The molecule has 98 valence electrons. The predicted octanol–water partition coefficient (Wildman–Crippen LogP) is 1.58. The predicted molar refractivity (Wildman–Crippen MR) is 74.6 cm³/mol. The Morgan fingerprint density at radius 1 is 1.47 bits per heavy atom. The van der Waals surface area contributed by atoms with Gasteiger partial charge in [-0.2, -0.15) is 0 Å². The Morgan fingerprint density at radius 3 is 2.79 bits per heavy atom. The maximum absolute atomic E-state index is 12.1. The highest BCUT2D eigenvalue weighted by Crippen LogP contribution is 2.08. The van der Waals surface area contributed by atoms with Crippen LogP contribution in [0.3, 0.4) is 0 Å². The molecule has 5 nitrogen and oxygen atoms in total. The highest BCUT2D eigenvalue weighted by molar-refractivity contribution is 7.80. The lowest BCUT2D eigenvalue weighted by molar-refractivity contribution is 0.0769. The highest BCUT2D eigenvalue weighted by Gasteiger charge is 2.14. The Balaban J connectivity index is 2.08. The smallest absolute Gasteiger partial charge is 0.272 e. The molecule has 0 atom stereocenters. The van der Waals surface area contributed by atoms with Gasteiger partial charge in [0.2, 0.25) is 0 Å². The van der Waals surface area contributed by atoms with E-state index in [0.29, 0.717) is 17.8 Å². The Kier molecular flexibility index (Phi) is 3.91. The molecular weight excluding hydrogens is 262 g/mol. The van der Waals surface area contributed by atoms with Gasteiger partial charge >= 0.3 is 0 Å². The quantitative estimate of drug-likeness (QED) is 0.858. The normalized spacial score (nSPS) is 10.2. The van der Waals surface area contributed by atoms with Crippen LogP contribution in [0.1, 0.15) is 21.8 Å². The van der Waals surface area contributed by atoms with Crippen LogP contribution in [0.2, 0.25) is 0 Å². The molecule has 0 saturated carbocycles. The standard InChI is InChI=1S/C13H13N3O2S/c1-16(8-10-3-2-6-18-10)13(17)11-5-4-9(7-15-11)12(14)19/h2-7H,8H2,1H3,(H2,14,19). The zero-order valence-electron chi connectivity index (χ0n) is 10.4. The number of thiocarbonyl (C=S) groups is 1. The third-order valence-electron chi connectivity index (χ3n) is 2.59. The van der Waals surface area contributed by atoms with E-state index in [4.69, 9.17) is 22.4 Å². The highest BCUT2D eigenvalue weighted by atomic mass is 32.1. The van der Waals surface area contributed by atoms with Crippen molar-refractivity contribution in [3.05, 3.63) is 53.7 Å². The summed E-state index contributed by atoms with van der Waals surface area (Å²) in [6.45, 7) is 0.393. The summed E-state index contributed by atoms with van der Waals surface area (Å²) in [4.78, 5) is 18.0. The minimum Gasteiger partial charge on any atom is -0.467 e. The van der Waals surface area contributed by atoms with E-state index in [-0.39, 0.29) is 10.9 Å². The molecule has 1 amide bonds. The van der Waals surface area contributed by atoms with E-state index in [0.717, 1.165) is 5.76 Å². The molecule has 0 bridgehead atoms. The SMILES string of the molecule is CN(Cc1ccco1)C(=O)c1ccc(C(N)=S)cn1. The van der Waals surface area contributed by atoms with Gasteiger partial charge in [-0.05, 0) is 24.3 Å². The number of pyridine rings is 1. The monoisotopic (exact) mass is 275 g/mol. The molecule has 19 heavy (non-hydrogen) atoms. The number of rotatable bonds is 4. The molecule has 0 aromatic carbocycles. The van der Waals surface area contributed by atoms with Crippen molar-refractivity contribution in [1.29, 1.82) is 0 Å². The van der Waals surface area contributed by atoms with Crippen LogP contribution >= 0.6 is 12.2 Å². The van der Waals surface area contributed by atoms with Crippen LogP contribution in [0.25, 0.3) is 0 Å². The summed E-state index contributed by atoms with van der Waals surface area (Å²) in [5, 5.41) is 0. The van der Waals surface area contributed by atoms with Crippen LogP contribution in [-0.4, -0.2) is 27.8 Å². The molecule has 2 N–H and O–H groups in total. The van der Waals surface area contributed by atoms with E-state index in [1.54, 1.807) is 31.5 Å². The molecule has 0 saturated heterocycles. The number of amides is 1. The number of hydrogen-bond donors (Lipinski definition) is 1. The second-order valence-corrected chi connectivity index (χ2v) is 4.48. The third-order valence-corrected chi connectivity index (χ3v) is 2.82. The van der Waals surface area contributed by atoms with Crippen molar-refractivity contribution in [3.63, 3.8) is 0 Å². The van der Waals surface area contributed by atoms with Gasteiger partial charge in [-0.3, -0.25) is 9.78 Å². The van der Waals surface area contributed by atoms with Gasteiger partial charge in [-0.25, -0.2) is 0 Å². The van der Waals surface area contributed by atoms with Crippen molar-refractivity contribution < 1.29 is 9.21 Å². The molecule has 0 spiro atoms. The number of furan rings is 1. The van der Waals surface area contributed by atoms with Crippen molar-refractivity contribution >= 4 is 23.1 Å². The Morgan fingerprint density at radius 2 is 2.26 bits per heavy atom. The van der Waals surface area contributed by atoms with Crippen LogP contribution in [0, 0.1) is 0 Å². The molecule has 0 radical (unpaired) electrons. The van der Waals surface area contributed by atoms with Gasteiger partial charge in [-0.15, -0.1) is 0 Å². The number of carbonyl (C=O) groups excluding carboxylic acids is 1. The lowest BCUT2D eigenvalue weighted by Crippen LogP contribution is -2.27. The van der Waals surface area contributed by atoms with E-state index >= 15 is 0 Å². The molecule has 0 fully saturated rings. The first kappa shape index (κ1) is 13.2. The molecular formula is C13H13N3O2S. The van der Waals surface area contributed by atoms with E-state index in [1.165, 1.54) is 11.1 Å². The number of nitrogens with zero attached hydrogens (tertiary/aromatic N) is 2. The largest absolute Gasteiger partial charge is 0.467 e. The molecule has 2 aromatic heterocycles. The maximum Gasteiger partial charge on any atom is 0.272 e. The van der Waals surface area contributed by atoms with E-state index in [1.807, 2.05) is 6.07 Å². The van der Waals surface area contributed by atoms with E-state index in [2.05, 4.69) is 4.98 Å². The Labute approximate surface area is 116 Å². The number of carbonyl (C=O) groups is 1. The van der Waals surface area contributed by atoms with E-state index in [9.17, 15) is 4.79 Å². The van der Waals surface area contributed by atoms with Gasteiger partial charge in [0.25, 0.3) is 5.91 Å². The molecule has 0 aliphatic rings. The molecule has 2 heterocycles. The van der Waals surface area contributed by atoms with Crippen LogP contribution in [-0.2, 0) is 6.54 Å².